The quantitative estimate of drug-likeness (QED) is 0.384. The van der Waals surface area contributed by atoms with Crippen LogP contribution >= 0.6 is 11.8 Å². The van der Waals surface area contributed by atoms with Crippen LogP contribution in [0.5, 0.6) is 0 Å². The fourth-order valence-corrected chi connectivity index (χ4v) is 5.61. The van der Waals surface area contributed by atoms with Crippen LogP contribution in [0.1, 0.15) is 27.2 Å². The van der Waals surface area contributed by atoms with Crippen molar-refractivity contribution < 1.29 is 39.5 Å². The molecule has 0 saturated carbocycles. The Morgan fingerprint density at radius 3 is 2.21 bits per heavy atom. The van der Waals surface area contributed by atoms with Crippen LogP contribution < -0.4 is 10.5 Å². The highest BCUT2D eigenvalue weighted by Gasteiger charge is 2.48. The molecule has 15 heteroatoms. The van der Waals surface area contributed by atoms with Gasteiger partial charge in [0.1, 0.15) is 10.5 Å². The van der Waals surface area contributed by atoms with Crippen LogP contribution in [0.15, 0.2) is 63.2 Å². The number of nitrogens with zero attached hydrogens (tertiary/aromatic N) is 1. The van der Waals surface area contributed by atoms with E-state index in [-0.39, 0.29) is 18.7 Å². The number of carbonyl (C=O) groups excluding carboxylic acids is 1. The topological polar surface area (TPSA) is 136 Å². The fourth-order valence-electron chi connectivity index (χ4n) is 3.06. The Morgan fingerprint density at radius 1 is 1.08 bits per heavy atom. The first kappa shape index (κ1) is 31.7. The van der Waals surface area contributed by atoms with Crippen molar-refractivity contribution in [2.75, 3.05) is 24.7 Å². The van der Waals surface area contributed by atoms with E-state index in [4.69, 9.17) is 9.88 Å². The smallest absolute Gasteiger partial charge is 0.444 e. The molecule has 0 aromatic heterocycles. The maximum Gasteiger partial charge on any atom is 0.501 e. The molecule has 0 aliphatic rings. The van der Waals surface area contributed by atoms with E-state index in [2.05, 4.69) is 5.32 Å². The Morgan fingerprint density at radius 2 is 1.68 bits per heavy atom. The number of ether oxygens (including phenoxy) is 1. The van der Waals surface area contributed by atoms with Crippen LogP contribution in [0.2, 0.25) is 0 Å². The number of carbonyl (C=O) groups is 1. The summed E-state index contributed by atoms with van der Waals surface area (Å²) in [4.78, 5) is 12.4. The number of nitrogens with one attached hydrogen (secondary N) is 1. The summed E-state index contributed by atoms with van der Waals surface area (Å²) < 4.78 is 93.8. The maximum atomic E-state index is 13.5. The van der Waals surface area contributed by atoms with E-state index in [9.17, 15) is 34.8 Å². The SMILES string of the molecule is CN(CC[C@H](CSc1ccccc1)Nc1ccc(S(N)(=O)=O)cc1S(=O)(=O)C(F)(F)F)C(=O)OC(C)(C)C. The predicted octanol–water partition coefficient (Wildman–Crippen LogP) is 4.46. The second-order valence-corrected chi connectivity index (χ2v) is 13.9. The van der Waals surface area contributed by atoms with E-state index in [1.54, 1.807) is 32.9 Å². The minimum Gasteiger partial charge on any atom is -0.444 e. The Balaban J connectivity index is 2.41. The normalized spacial score (nSPS) is 13.6. The summed E-state index contributed by atoms with van der Waals surface area (Å²) in [6.07, 6.45) is -0.414. The number of benzene rings is 2. The molecule has 2 aromatic rings. The molecule has 0 heterocycles. The van der Waals surface area contributed by atoms with Gasteiger partial charge in [-0.05, 0) is 57.5 Å². The van der Waals surface area contributed by atoms with Crippen LogP contribution in [0.25, 0.3) is 0 Å². The summed E-state index contributed by atoms with van der Waals surface area (Å²) in [7, 11) is -8.94. The molecule has 0 bridgehead atoms. The lowest BCUT2D eigenvalue weighted by atomic mass is 10.2. The molecule has 0 radical (unpaired) electrons. The van der Waals surface area contributed by atoms with Crippen molar-refractivity contribution in [2.45, 2.75) is 59.0 Å². The number of primary sulfonamides is 1. The van der Waals surface area contributed by atoms with Crippen LogP contribution in [0.4, 0.5) is 23.7 Å². The average molecular weight is 598 g/mol. The minimum atomic E-state index is -5.94. The Hall–Kier alpha value is -2.49. The van der Waals surface area contributed by atoms with Gasteiger partial charge in [0.05, 0.1) is 10.6 Å². The highest BCUT2D eigenvalue weighted by atomic mass is 32.2. The number of rotatable bonds is 10. The molecule has 0 aliphatic heterocycles. The highest BCUT2D eigenvalue weighted by Crippen LogP contribution is 2.36. The third kappa shape index (κ3) is 9.06. The van der Waals surface area contributed by atoms with Crippen LogP contribution in [0, 0.1) is 0 Å². The number of thioether (sulfide) groups is 1. The van der Waals surface area contributed by atoms with Crippen molar-refractivity contribution in [1.82, 2.24) is 4.90 Å². The Kier molecular flexibility index (Phi) is 10.1. The second kappa shape index (κ2) is 12.1. The van der Waals surface area contributed by atoms with Gasteiger partial charge in [0.2, 0.25) is 10.0 Å². The molecular weight excluding hydrogens is 567 g/mol. The lowest BCUT2D eigenvalue weighted by Gasteiger charge is -2.27. The lowest BCUT2D eigenvalue weighted by molar-refractivity contribution is -0.0436. The molecule has 1 amide bonds. The number of nitrogens with two attached hydrogens (primary N) is 1. The van der Waals surface area contributed by atoms with Crippen molar-refractivity contribution in [3.05, 3.63) is 48.5 Å². The molecule has 0 fully saturated rings. The van der Waals surface area contributed by atoms with Gasteiger partial charge in [-0.3, -0.25) is 0 Å². The van der Waals surface area contributed by atoms with E-state index in [1.807, 2.05) is 18.2 Å². The lowest BCUT2D eigenvalue weighted by Crippen LogP contribution is -2.37. The third-order valence-electron chi connectivity index (χ3n) is 4.95. The van der Waals surface area contributed by atoms with E-state index < -0.39 is 58.6 Å². The second-order valence-electron chi connectivity index (χ2n) is 9.31. The number of alkyl halides is 3. The summed E-state index contributed by atoms with van der Waals surface area (Å²) in [6, 6.07) is 10.7. The van der Waals surface area contributed by atoms with Gasteiger partial charge in [-0.25, -0.2) is 26.8 Å². The van der Waals surface area contributed by atoms with Gasteiger partial charge in [-0.15, -0.1) is 11.8 Å². The number of hydrogen-bond donors (Lipinski definition) is 2. The van der Waals surface area contributed by atoms with Crippen molar-refractivity contribution in [2.24, 2.45) is 5.14 Å². The summed E-state index contributed by atoms with van der Waals surface area (Å²) in [5.41, 5.74) is -6.88. The van der Waals surface area contributed by atoms with Gasteiger partial charge in [0.15, 0.2) is 0 Å². The number of hydrogen-bond acceptors (Lipinski definition) is 8. The van der Waals surface area contributed by atoms with Gasteiger partial charge in [-0.2, -0.15) is 13.2 Å². The van der Waals surface area contributed by atoms with Crippen molar-refractivity contribution in [3.63, 3.8) is 0 Å². The van der Waals surface area contributed by atoms with Gasteiger partial charge in [0, 0.05) is 30.3 Å². The summed E-state index contributed by atoms with van der Waals surface area (Å²) >= 11 is 1.36. The first-order valence-electron chi connectivity index (χ1n) is 11.2. The fraction of sp³-hybridized carbons (Fsp3) is 0.435. The molecule has 212 valence electrons. The molecule has 0 unspecified atom stereocenters. The number of halogens is 3. The number of anilines is 1. The van der Waals surface area contributed by atoms with E-state index in [0.29, 0.717) is 6.07 Å². The summed E-state index contributed by atoms with van der Waals surface area (Å²) in [6.45, 7) is 5.23. The summed E-state index contributed by atoms with van der Waals surface area (Å²) in [5, 5.41) is 7.82. The molecule has 0 aliphatic carbocycles. The summed E-state index contributed by atoms with van der Waals surface area (Å²) in [5.74, 6) is 0.272. The average Bonchev–Trinajstić information content (AvgIpc) is 2.78. The van der Waals surface area contributed by atoms with Gasteiger partial charge < -0.3 is 15.0 Å². The maximum absolute atomic E-state index is 13.5. The van der Waals surface area contributed by atoms with Crippen LogP contribution in [-0.4, -0.2) is 64.3 Å². The third-order valence-corrected chi connectivity index (χ3v) is 8.56. The standard InChI is InChI=1S/C23H30F3N3O6S3/c1-22(2,3)35-21(30)29(4)13-12-16(15-36-17-8-6-5-7-9-17)28-19-11-10-18(38(27,33)34)14-20(19)37(31,32)23(24,25)26/h5-11,14,16,28H,12-13,15H2,1-4H3,(H2,27,33,34)/t16-/m1/s1. The monoisotopic (exact) mass is 597 g/mol. The zero-order valence-electron chi connectivity index (χ0n) is 21.2. The molecule has 2 aromatic carbocycles. The number of amides is 1. The zero-order valence-corrected chi connectivity index (χ0v) is 23.6. The van der Waals surface area contributed by atoms with Crippen molar-refractivity contribution in [1.29, 1.82) is 0 Å². The first-order valence-corrected chi connectivity index (χ1v) is 15.2. The van der Waals surface area contributed by atoms with Gasteiger partial charge >= 0.3 is 11.6 Å². The zero-order chi connectivity index (χ0) is 28.9. The molecule has 38 heavy (non-hydrogen) atoms. The van der Waals surface area contributed by atoms with Crippen molar-refractivity contribution in [3.8, 4) is 0 Å². The minimum absolute atomic E-state index is 0.124. The number of sulfonamides is 1. The molecular formula is C23H30F3N3O6S3. The van der Waals surface area contributed by atoms with Crippen LogP contribution in [-0.2, 0) is 24.6 Å². The molecule has 9 nitrogen and oxygen atoms in total. The molecule has 1 atom stereocenters. The molecule has 0 saturated heterocycles. The Bertz CT molecular complexity index is 1330. The largest absolute Gasteiger partial charge is 0.501 e. The van der Waals surface area contributed by atoms with E-state index in [0.717, 1.165) is 17.0 Å². The predicted molar refractivity (Wildman–Crippen MR) is 139 cm³/mol. The first-order chi connectivity index (χ1) is 17.3. The Labute approximate surface area is 224 Å². The van der Waals surface area contributed by atoms with E-state index in [1.165, 1.54) is 23.7 Å². The highest BCUT2D eigenvalue weighted by molar-refractivity contribution is 7.99. The van der Waals surface area contributed by atoms with Crippen molar-refractivity contribution >= 4 is 43.4 Å². The molecule has 3 N–H and O–H groups in total. The van der Waals surface area contributed by atoms with E-state index >= 15 is 0 Å². The molecule has 2 rings (SSSR count). The number of sulfone groups is 1. The van der Waals surface area contributed by atoms with Gasteiger partial charge in [-0.1, -0.05) is 18.2 Å². The van der Waals surface area contributed by atoms with Gasteiger partial charge in [0.25, 0.3) is 9.84 Å². The van der Waals surface area contributed by atoms with Crippen LogP contribution in [0.3, 0.4) is 0 Å². The molecule has 0 spiro atoms.